The van der Waals surface area contributed by atoms with Gasteiger partial charge in [0.15, 0.2) is 37.3 Å². The number of ether oxygens (including phenoxy) is 4. The fourth-order valence-corrected chi connectivity index (χ4v) is 16.3. The molecule has 78 heavy (non-hydrogen) atoms. The molecule has 6 aromatic carbocycles. The molecule has 0 saturated heterocycles. The molecular weight excluding hydrogens is 999 g/mol. The van der Waals surface area contributed by atoms with Crippen molar-refractivity contribution in [2.45, 2.75) is 209 Å². The second-order valence-corrected chi connectivity index (χ2v) is 36.1. The Kier molecular flexibility index (Phi) is 14.6. The molecule has 418 valence electrons. The molecule has 6 nitrogen and oxygen atoms in total. The van der Waals surface area contributed by atoms with Gasteiger partial charge >= 0.3 is 0 Å². The Morgan fingerprint density at radius 1 is 0.282 bits per heavy atom. The average molecular weight is 1090 g/mol. The summed E-state index contributed by atoms with van der Waals surface area (Å²) in [7, 11) is -8.16. The Morgan fingerprint density at radius 2 is 0.474 bits per heavy atom. The molecule has 0 saturated carbocycles. The molecule has 8 heteroatoms. The van der Waals surface area contributed by atoms with Crippen LogP contribution in [0.5, 0.6) is 23.0 Å². The molecule has 0 N–H and O–H groups in total. The lowest BCUT2D eigenvalue weighted by molar-refractivity contribution is 0.173. The highest BCUT2D eigenvalue weighted by Crippen LogP contribution is 2.58. The number of benzene rings is 6. The SMILES string of the molecule is CC(C)(C)c1cc(C(C)(C)C)cc(P(=O)(c2cc(C(C)(C)C)cc(C(C)(C)C)c2)c2ccc3c(c2-c2c(P(=O)(c4cc(C(C)(C)C)cc(C(C)(C)C)c4)c4cc(C(C)(C)C)cc(C(C)(C)C)c4)ccc4c2OCO4)OCO3)c1. The summed E-state index contributed by atoms with van der Waals surface area (Å²) in [5.41, 5.74) is 7.33. The maximum atomic E-state index is 18.5. The van der Waals surface area contributed by atoms with Crippen LogP contribution < -0.4 is 50.8 Å². The van der Waals surface area contributed by atoms with Gasteiger partial charge in [-0.1, -0.05) is 190 Å². The number of hydrogen-bond acceptors (Lipinski definition) is 6. The van der Waals surface area contributed by atoms with E-state index in [2.05, 4.69) is 239 Å². The van der Waals surface area contributed by atoms with Crippen LogP contribution in [-0.2, 0) is 52.5 Å². The van der Waals surface area contributed by atoms with Gasteiger partial charge < -0.3 is 28.1 Å². The quantitative estimate of drug-likeness (QED) is 0.148. The summed E-state index contributed by atoms with van der Waals surface area (Å²) >= 11 is 0. The monoisotopic (exact) mass is 1090 g/mol. The van der Waals surface area contributed by atoms with Crippen molar-refractivity contribution in [1.82, 2.24) is 0 Å². The van der Waals surface area contributed by atoms with E-state index in [-0.39, 0.29) is 56.9 Å². The predicted octanol–water partition coefficient (Wildman–Crippen LogP) is 16.5. The van der Waals surface area contributed by atoms with Crippen LogP contribution in [-0.4, -0.2) is 13.6 Å². The molecule has 0 spiro atoms. The summed E-state index contributed by atoms with van der Waals surface area (Å²) in [5.74, 6) is 1.86. The topological polar surface area (TPSA) is 71.1 Å². The van der Waals surface area contributed by atoms with Gasteiger partial charge in [0.25, 0.3) is 0 Å². The Bertz CT molecular complexity index is 2910. The van der Waals surface area contributed by atoms with Gasteiger partial charge in [-0.25, -0.2) is 0 Å². The zero-order chi connectivity index (χ0) is 58.1. The van der Waals surface area contributed by atoms with Crippen LogP contribution >= 0.6 is 14.3 Å². The van der Waals surface area contributed by atoms with E-state index >= 15 is 9.13 Å². The summed E-state index contributed by atoms with van der Waals surface area (Å²) in [6.45, 7) is 53.3. The van der Waals surface area contributed by atoms with Crippen molar-refractivity contribution >= 4 is 46.1 Å². The lowest BCUT2D eigenvalue weighted by Crippen LogP contribution is -2.33. The van der Waals surface area contributed by atoms with Crippen molar-refractivity contribution in [2.75, 3.05) is 13.6 Å². The molecule has 0 fully saturated rings. The summed E-state index contributed by atoms with van der Waals surface area (Å²) in [5, 5.41) is 3.92. The van der Waals surface area contributed by atoms with Gasteiger partial charge in [0, 0.05) is 43.0 Å². The van der Waals surface area contributed by atoms with E-state index in [9.17, 15) is 0 Å². The van der Waals surface area contributed by atoms with Gasteiger partial charge in [-0.15, -0.1) is 0 Å². The molecule has 2 aliphatic heterocycles. The number of rotatable bonds is 7. The second kappa shape index (κ2) is 19.3. The van der Waals surface area contributed by atoms with Crippen LogP contribution in [0.4, 0.5) is 0 Å². The van der Waals surface area contributed by atoms with E-state index < -0.39 is 14.3 Å². The first-order valence-electron chi connectivity index (χ1n) is 28.2. The first-order chi connectivity index (χ1) is 35.4. The minimum Gasteiger partial charge on any atom is -0.454 e. The van der Waals surface area contributed by atoms with Gasteiger partial charge in [-0.05, 0) is 161 Å². The van der Waals surface area contributed by atoms with Crippen molar-refractivity contribution in [3.05, 3.63) is 142 Å². The highest BCUT2D eigenvalue weighted by atomic mass is 31.2. The maximum absolute atomic E-state index is 18.5. The number of hydrogen-bond donors (Lipinski definition) is 0. The molecule has 8 rings (SSSR count). The third-order valence-corrected chi connectivity index (χ3v) is 22.1. The highest BCUT2D eigenvalue weighted by molar-refractivity contribution is 7.86. The highest BCUT2D eigenvalue weighted by Gasteiger charge is 2.45. The largest absolute Gasteiger partial charge is 0.454 e. The smallest absolute Gasteiger partial charge is 0.231 e. The van der Waals surface area contributed by atoms with Crippen LogP contribution in [0.1, 0.15) is 211 Å². The van der Waals surface area contributed by atoms with E-state index in [1.165, 1.54) is 0 Å². The maximum Gasteiger partial charge on any atom is 0.231 e. The van der Waals surface area contributed by atoms with Gasteiger partial charge in [-0.3, -0.25) is 0 Å². The van der Waals surface area contributed by atoms with Crippen molar-refractivity contribution in [3.63, 3.8) is 0 Å². The Morgan fingerprint density at radius 3 is 0.654 bits per heavy atom. The predicted molar refractivity (Wildman–Crippen MR) is 333 cm³/mol. The molecule has 0 unspecified atom stereocenters. The third kappa shape index (κ3) is 11.1. The molecule has 0 aromatic heterocycles. The van der Waals surface area contributed by atoms with Crippen LogP contribution in [0.3, 0.4) is 0 Å². The van der Waals surface area contributed by atoms with Crippen LogP contribution in [0, 0.1) is 0 Å². The normalized spacial score (nSPS) is 14.8. The van der Waals surface area contributed by atoms with Crippen LogP contribution in [0.25, 0.3) is 11.1 Å². The van der Waals surface area contributed by atoms with Crippen molar-refractivity contribution in [2.24, 2.45) is 0 Å². The lowest BCUT2D eigenvalue weighted by atomic mass is 9.81. The average Bonchev–Trinajstić information content (AvgIpc) is 4.04. The minimum atomic E-state index is -4.08. The zero-order valence-corrected chi connectivity index (χ0v) is 53.8. The van der Waals surface area contributed by atoms with Crippen molar-refractivity contribution in [1.29, 1.82) is 0 Å². The van der Waals surface area contributed by atoms with Crippen LogP contribution in [0.15, 0.2) is 97.1 Å². The van der Waals surface area contributed by atoms with Gasteiger partial charge in [0.2, 0.25) is 13.6 Å². The molecule has 0 bridgehead atoms. The zero-order valence-electron chi connectivity index (χ0n) is 52.0. The summed E-state index contributed by atoms with van der Waals surface area (Å²) < 4.78 is 63.3. The summed E-state index contributed by atoms with van der Waals surface area (Å²) in [4.78, 5) is 0. The second-order valence-electron chi connectivity index (χ2n) is 30.7. The van der Waals surface area contributed by atoms with Gasteiger partial charge in [0.1, 0.15) is 0 Å². The Labute approximate surface area is 470 Å². The van der Waals surface area contributed by atoms with E-state index in [0.717, 1.165) is 44.5 Å². The first-order valence-corrected chi connectivity index (χ1v) is 31.6. The Hall–Kier alpha value is -5.02. The molecular formula is C70H92O6P2. The molecule has 6 aromatic rings. The molecule has 2 aliphatic rings. The molecule has 0 atom stereocenters. The summed E-state index contributed by atoms with van der Waals surface area (Å²) in [6, 6.07) is 34.4. The van der Waals surface area contributed by atoms with E-state index in [1.807, 2.05) is 24.3 Å². The fraction of sp³-hybridized carbons (Fsp3) is 0.486. The molecule has 0 aliphatic carbocycles. The Balaban J connectivity index is 1.66. The fourth-order valence-electron chi connectivity index (χ4n) is 10.4. The molecule has 2 heterocycles. The van der Waals surface area contributed by atoms with E-state index in [1.54, 1.807) is 0 Å². The van der Waals surface area contributed by atoms with Crippen LogP contribution in [0.2, 0.25) is 0 Å². The minimum absolute atomic E-state index is 0.0536. The first kappa shape index (κ1) is 59.1. The molecule has 0 radical (unpaired) electrons. The van der Waals surface area contributed by atoms with E-state index in [4.69, 9.17) is 18.9 Å². The standard InChI is InChI=1S/C70H92O6P2/c1-63(2,3)43-29-44(64(4,5)6)34-51(33-43)77(71,52-35-45(65(7,8)9)30-46(36-52)66(10,11)12)57-27-25-55-61(75-41-73-55)59(57)60-58(28-26-56-62(60)76-42-74-56)78(72,53-37-47(67(13,14)15)31-48(38-53)68(16,17)18)54-39-49(69(19,20)21)32-50(40-54)70(22,23)24/h25-40H,41-42H2,1-24H3. The van der Waals surface area contributed by atoms with Crippen molar-refractivity contribution < 1.29 is 28.1 Å². The summed E-state index contributed by atoms with van der Waals surface area (Å²) in [6.07, 6.45) is 0. The van der Waals surface area contributed by atoms with Crippen molar-refractivity contribution in [3.8, 4) is 34.1 Å². The lowest BCUT2D eigenvalue weighted by Gasteiger charge is -2.33. The van der Waals surface area contributed by atoms with E-state index in [0.29, 0.717) is 66.0 Å². The van der Waals surface area contributed by atoms with Gasteiger partial charge in [0.05, 0.1) is 0 Å². The third-order valence-electron chi connectivity index (χ3n) is 16.0. The number of fused-ring (bicyclic) bond motifs is 2. The molecule has 0 amide bonds. The van der Waals surface area contributed by atoms with Gasteiger partial charge in [-0.2, -0.15) is 0 Å².